The van der Waals surface area contributed by atoms with E-state index < -0.39 is 0 Å². The molecule has 0 saturated carbocycles. The third kappa shape index (κ3) is 3.02. The van der Waals surface area contributed by atoms with Gasteiger partial charge in [0.1, 0.15) is 5.75 Å². The molecule has 0 aliphatic rings. The van der Waals surface area contributed by atoms with Crippen LogP contribution in [0.5, 0.6) is 5.75 Å². The van der Waals surface area contributed by atoms with E-state index in [9.17, 15) is 5.11 Å². The van der Waals surface area contributed by atoms with E-state index in [4.69, 9.17) is 23.2 Å². The number of phenols is 1. The van der Waals surface area contributed by atoms with E-state index in [1.165, 1.54) is 0 Å². The van der Waals surface area contributed by atoms with Crippen LogP contribution in [0, 0.1) is 13.8 Å². The number of aryl methyl sites for hydroxylation is 1. The number of rotatable bonds is 3. The predicted molar refractivity (Wildman–Crippen MR) is 86.1 cm³/mol. The van der Waals surface area contributed by atoms with Crippen molar-refractivity contribution in [2.24, 2.45) is 0 Å². The number of phenolic OH excluding ortho intramolecular Hbond substituents is 1. The third-order valence-electron chi connectivity index (χ3n) is 3.43. The molecule has 0 heterocycles. The van der Waals surface area contributed by atoms with E-state index in [-0.39, 0.29) is 6.04 Å². The number of nitrogens with one attached hydrogen (secondary N) is 1. The SMILES string of the molecule is Cc1ccc(NC(C)c2ccc(Cl)cc2Cl)c(C)c1O. The van der Waals surface area contributed by atoms with Crippen molar-refractivity contribution in [1.82, 2.24) is 0 Å². The van der Waals surface area contributed by atoms with Gasteiger partial charge in [0, 0.05) is 21.3 Å². The van der Waals surface area contributed by atoms with Crippen molar-refractivity contribution in [2.45, 2.75) is 26.8 Å². The normalized spacial score (nSPS) is 12.2. The smallest absolute Gasteiger partial charge is 0.123 e. The summed E-state index contributed by atoms with van der Waals surface area (Å²) in [5.41, 5.74) is 3.56. The van der Waals surface area contributed by atoms with Crippen LogP contribution in [0.15, 0.2) is 30.3 Å². The summed E-state index contributed by atoms with van der Waals surface area (Å²) < 4.78 is 0. The molecular weight excluding hydrogens is 293 g/mol. The number of hydrogen-bond donors (Lipinski definition) is 2. The zero-order valence-electron chi connectivity index (χ0n) is 11.7. The fourth-order valence-corrected chi connectivity index (χ4v) is 2.73. The molecule has 2 aromatic carbocycles. The van der Waals surface area contributed by atoms with Crippen molar-refractivity contribution in [2.75, 3.05) is 5.32 Å². The van der Waals surface area contributed by atoms with E-state index >= 15 is 0 Å². The number of halogens is 2. The molecule has 4 heteroatoms. The number of benzene rings is 2. The van der Waals surface area contributed by atoms with E-state index in [1.54, 1.807) is 6.07 Å². The summed E-state index contributed by atoms with van der Waals surface area (Å²) in [6, 6.07) is 9.33. The van der Waals surface area contributed by atoms with Crippen LogP contribution >= 0.6 is 23.2 Å². The first-order valence-electron chi connectivity index (χ1n) is 6.40. The van der Waals surface area contributed by atoms with Crippen molar-refractivity contribution in [1.29, 1.82) is 0 Å². The Morgan fingerprint density at radius 1 is 1.10 bits per heavy atom. The Labute approximate surface area is 129 Å². The predicted octanol–water partition coefficient (Wildman–Crippen LogP) is 5.49. The molecule has 0 bridgehead atoms. The van der Waals surface area contributed by atoms with Crippen molar-refractivity contribution in [3.8, 4) is 5.75 Å². The van der Waals surface area contributed by atoms with Gasteiger partial charge in [-0.3, -0.25) is 0 Å². The highest BCUT2D eigenvalue weighted by atomic mass is 35.5. The highest BCUT2D eigenvalue weighted by Crippen LogP contribution is 2.32. The van der Waals surface area contributed by atoms with Gasteiger partial charge in [0.2, 0.25) is 0 Å². The Hall–Kier alpha value is -1.38. The van der Waals surface area contributed by atoms with Gasteiger partial charge in [0.15, 0.2) is 0 Å². The van der Waals surface area contributed by atoms with Crippen LogP contribution in [0.4, 0.5) is 5.69 Å². The van der Waals surface area contributed by atoms with Gasteiger partial charge in [-0.25, -0.2) is 0 Å². The average molecular weight is 310 g/mol. The number of hydrogen-bond acceptors (Lipinski definition) is 2. The summed E-state index contributed by atoms with van der Waals surface area (Å²) >= 11 is 12.1. The summed E-state index contributed by atoms with van der Waals surface area (Å²) in [5.74, 6) is 0.324. The molecular formula is C16H17Cl2NO. The molecule has 0 radical (unpaired) electrons. The number of aromatic hydroxyl groups is 1. The lowest BCUT2D eigenvalue weighted by atomic mass is 10.1. The molecule has 2 nitrogen and oxygen atoms in total. The Morgan fingerprint density at radius 3 is 2.45 bits per heavy atom. The molecule has 1 atom stereocenters. The van der Waals surface area contributed by atoms with Gasteiger partial charge in [0.05, 0.1) is 6.04 Å². The molecule has 0 spiro atoms. The van der Waals surface area contributed by atoms with Crippen molar-refractivity contribution >= 4 is 28.9 Å². The van der Waals surface area contributed by atoms with Crippen molar-refractivity contribution in [3.05, 3.63) is 57.1 Å². The first-order valence-corrected chi connectivity index (χ1v) is 7.16. The maximum atomic E-state index is 9.98. The third-order valence-corrected chi connectivity index (χ3v) is 4.00. The van der Waals surface area contributed by atoms with Crippen LogP contribution in [-0.2, 0) is 0 Å². The summed E-state index contributed by atoms with van der Waals surface area (Å²) in [6.45, 7) is 5.79. The zero-order chi connectivity index (χ0) is 14.9. The molecule has 0 amide bonds. The highest BCUT2D eigenvalue weighted by Gasteiger charge is 2.13. The van der Waals surface area contributed by atoms with Crippen LogP contribution in [0.3, 0.4) is 0 Å². The van der Waals surface area contributed by atoms with E-state index in [2.05, 4.69) is 5.32 Å². The molecule has 20 heavy (non-hydrogen) atoms. The van der Waals surface area contributed by atoms with Gasteiger partial charge in [-0.2, -0.15) is 0 Å². The summed E-state index contributed by atoms with van der Waals surface area (Å²) in [4.78, 5) is 0. The van der Waals surface area contributed by atoms with Crippen LogP contribution in [-0.4, -0.2) is 5.11 Å². The maximum absolute atomic E-state index is 9.98. The van der Waals surface area contributed by atoms with Gasteiger partial charge in [-0.15, -0.1) is 0 Å². The largest absolute Gasteiger partial charge is 0.507 e. The minimum Gasteiger partial charge on any atom is -0.507 e. The average Bonchev–Trinajstić information content (AvgIpc) is 2.39. The maximum Gasteiger partial charge on any atom is 0.123 e. The Kier molecular flexibility index (Phi) is 4.46. The van der Waals surface area contributed by atoms with Gasteiger partial charge in [0.25, 0.3) is 0 Å². The van der Waals surface area contributed by atoms with E-state index in [0.29, 0.717) is 15.8 Å². The standard InChI is InChI=1S/C16H17Cl2NO/c1-9-4-7-15(10(2)16(9)20)19-11(3)13-6-5-12(17)8-14(13)18/h4-8,11,19-20H,1-3H3. The first kappa shape index (κ1) is 15.0. The quantitative estimate of drug-likeness (QED) is 0.785. The molecule has 0 aliphatic carbocycles. The molecule has 106 valence electrons. The Morgan fingerprint density at radius 2 is 1.80 bits per heavy atom. The molecule has 0 aromatic heterocycles. The Bertz CT molecular complexity index is 641. The van der Waals surface area contributed by atoms with E-state index in [0.717, 1.165) is 22.4 Å². The fourth-order valence-electron chi connectivity index (χ4n) is 2.16. The van der Waals surface area contributed by atoms with Crippen LogP contribution in [0.1, 0.15) is 29.7 Å². The molecule has 0 aliphatic heterocycles. The molecule has 1 unspecified atom stereocenters. The van der Waals surface area contributed by atoms with Crippen molar-refractivity contribution < 1.29 is 5.11 Å². The van der Waals surface area contributed by atoms with Crippen molar-refractivity contribution in [3.63, 3.8) is 0 Å². The monoisotopic (exact) mass is 309 g/mol. The summed E-state index contributed by atoms with van der Waals surface area (Å²) in [5, 5.41) is 14.6. The second-order valence-corrected chi connectivity index (χ2v) is 5.78. The van der Waals surface area contributed by atoms with Gasteiger partial charge in [-0.05, 0) is 50.1 Å². The lowest BCUT2D eigenvalue weighted by Gasteiger charge is -2.19. The lowest BCUT2D eigenvalue weighted by Crippen LogP contribution is -2.08. The van der Waals surface area contributed by atoms with Gasteiger partial charge < -0.3 is 10.4 Å². The highest BCUT2D eigenvalue weighted by molar-refractivity contribution is 6.35. The first-order chi connectivity index (χ1) is 9.40. The molecule has 2 N–H and O–H groups in total. The fraction of sp³-hybridized carbons (Fsp3) is 0.250. The minimum atomic E-state index is 0.0144. The van der Waals surface area contributed by atoms with E-state index in [1.807, 2.05) is 45.0 Å². The number of anilines is 1. The second-order valence-electron chi connectivity index (χ2n) is 4.94. The Balaban J connectivity index is 2.28. The second kappa shape index (κ2) is 5.94. The van der Waals surface area contributed by atoms with Gasteiger partial charge in [-0.1, -0.05) is 35.3 Å². The van der Waals surface area contributed by atoms with Crippen LogP contribution in [0.2, 0.25) is 10.0 Å². The van der Waals surface area contributed by atoms with Crippen LogP contribution in [0.25, 0.3) is 0 Å². The summed E-state index contributed by atoms with van der Waals surface area (Å²) in [6.07, 6.45) is 0. The molecule has 0 saturated heterocycles. The lowest BCUT2D eigenvalue weighted by molar-refractivity contribution is 0.467. The topological polar surface area (TPSA) is 32.3 Å². The minimum absolute atomic E-state index is 0.0144. The summed E-state index contributed by atoms with van der Waals surface area (Å²) in [7, 11) is 0. The zero-order valence-corrected chi connectivity index (χ0v) is 13.2. The molecule has 2 aromatic rings. The van der Waals surface area contributed by atoms with Gasteiger partial charge >= 0.3 is 0 Å². The molecule has 2 rings (SSSR count). The molecule has 0 fully saturated rings. The van der Waals surface area contributed by atoms with Crippen LogP contribution < -0.4 is 5.32 Å².